The van der Waals surface area contributed by atoms with E-state index in [0.29, 0.717) is 22.0 Å². The third kappa shape index (κ3) is 2.54. The van der Waals surface area contributed by atoms with E-state index in [1.54, 1.807) is 12.3 Å². The van der Waals surface area contributed by atoms with Crippen LogP contribution in [0, 0.1) is 0 Å². The van der Waals surface area contributed by atoms with Gasteiger partial charge in [-0.1, -0.05) is 23.2 Å². The standard InChI is InChI=1S/C10H12Cl2N2O/c1-6(9-2-3-13-9)15-7-4-8(11)10(12)14-5-7/h4-6,9,13H,2-3H2,1H3/t6?,9-/m1/s1. The van der Waals surface area contributed by atoms with E-state index in [4.69, 9.17) is 27.9 Å². The highest BCUT2D eigenvalue weighted by Crippen LogP contribution is 2.25. The zero-order chi connectivity index (χ0) is 10.8. The fourth-order valence-corrected chi connectivity index (χ4v) is 1.74. The van der Waals surface area contributed by atoms with E-state index >= 15 is 0 Å². The number of rotatable bonds is 3. The van der Waals surface area contributed by atoms with Crippen LogP contribution in [-0.4, -0.2) is 23.7 Å². The van der Waals surface area contributed by atoms with Crippen molar-refractivity contribution in [3.63, 3.8) is 0 Å². The Balaban J connectivity index is 2.00. The van der Waals surface area contributed by atoms with E-state index in [9.17, 15) is 0 Å². The first-order chi connectivity index (χ1) is 7.16. The molecule has 1 aliphatic rings. The summed E-state index contributed by atoms with van der Waals surface area (Å²) in [5, 5.41) is 4.01. The number of nitrogens with zero attached hydrogens (tertiary/aromatic N) is 1. The molecule has 2 rings (SSSR count). The number of nitrogens with one attached hydrogen (secondary N) is 1. The first kappa shape index (κ1) is 11.0. The smallest absolute Gasteiger partial charge is 0.147 e. The van der Waals surface area contributed by atoms with Crippen LogP contribution in [0.1, 0.15) is 13.3 Å². The van der Waals surface area contributed by atoms with Crippen molar-refractivity contribution in [2.24, 2.45) is 0 Å². The molecule has 1 N–H and O–H groups in total. The van der Waals surface area contributed by atoms with Crippen LogP contribution < -0.4 is 10.1 Å². The van der Waals surface area contributed by atoms with Gasteiger partial charge in [0.1, 0.15) is 17.0 Å². The summed E-state index contributed by atoms with van der Waals surface area (Å²) in [6.45, 7) is 3.09. The molecule has 1 aromatic rings. The number of ether oxygens (including phenoxy) is 1. The van der Waals surface area contributed by atoms with Crippen LogP contribution in [0.4, 0.5) is 0 Å². The van der Waals surface area contributed by atoms with Gasteiger partial charge in [0.2, 0.25) is 0 Å². The number of hydrogen-bond acceptors (Lipinski definition) is 3. The molecule has 1 aliphatic heterocycles. The Morgan fingerprint density at radius 3 is 2.87 bits per heavy atom. The molecule has 0 aliphatic carbocycles. The summed E-state index contributed by atoms with van der Waals surface area (Å²) in [4.78, 5) is 3.92. The molecule has 0 saturated carbocycles. The van der Waals surface area contributed by atoms with Gasteiger partial charge in [0.05, 0.1) is 11.2 Å². The zero-order valence-corrected chi connectivity index (χ0v) is 9.85. The molecule has 5 heteroatoms. The highest BCUT2D eigenvalue weighted by molar-refractivity contribution is 6.41. The van der Waals surface area contributed by atoms with Crippen LogP contribution in [0.15, 0.2) is 12.3 Å². The predicted octanol–water partition coefficient (Wildman–Crippen LogP) is 2.52. The maximum atomic E-state index is 5.83. The third-order valence-corrected chi connectivity index (χ3v) is 3.21. The van der Waals surface area contributed by atoms with Crippen LogP contribution >= 0.6 is 23.2 Å². The van der Waals surface area contributed by atoms with Crippen molar-refractivity contribution < 1.29 is 4.74 Å². The zero-order valence-electron chi connectivity index (χ0n) is 8.34. The van der Waals surface area contributed by atoms with Gasteiger partial charge in [-0.2, -0.15) is 0 Å². The Morgan fingerprint density at radius 1 is 1.60 bits per heavy atom. The predicted molar refractivity (Wildman–Crippen MR) is 60.8 cm³/mol. The second-order valence-corrected chi connectivity index (χ2v) is 4.38. The molecule has 2 heterocycles. The van der Waals surface area contributed by atoms with Crippen molar-refractivity contribution in [1.82, 2.24) is 10.3 Å². The lowest BCUT2D eigenvalue weighted by Gasteiger charge is -2.33. The Labute approximate surface area is 98.7 Å². The van der Waals surface area contributed by atoms with Crippen molar-refractivity contribution >= 4 is 23.2 Å². The van der Waals surface area contributed by atoms with Gasteiger partial charge >= 0.3 is 0 Å². The summed E-state index contributed by atoms with van der Waals surface area (Å²) in [6.07, 6.45) is 2.86. The SMILES string of the molecule is CC(Oc1cnc(Cl)c(Cl)c1)[C@H]1CCN1. The highest BCUT2D eigenvalue weighted by Gasteiger charge is 2.24. The Bertz CT molecular complexity index is 355. The van der Waals surface area contributed by atoms with Crippen molar-refractivity contribution in [2.45, 2.75) is 25.5 Å². The van der Waals surface area contributed by atoms with E-state index < -0.39 is 0 Å². The summed E-state index contributed by atoms with van der Waals surface area (Å²) in [5.74, 6) is 0.658. The van der Waals surface area contributed by atoms with Crippen LogP contribution in [0.3, 0.4) is 0 Å². The van der Waals surface area contributed by atoms with Crippen molar-refractivity contribution in [3.8, 4) is 5.75 Å². The molecule has 0 spiro atoms. The van der Waals surface area contributed by atoms with Gasteiger partial charge in [0.25, 0.3) is 0 Å². The normalized spacial score (nSPS) is 21.9. The van der Waals surface area contributed by atoms with Crippen LogP contribution in [0.5, 0.6) is 5.75 Å². The molecule has 1 saturated heterocycles. The van der Waals surface area contributed by atoms with Crippen molar-refractivity contribution in [2.75, 3.05) is 6.54 Å². The topological polar surface area (TPSA) is 34.1 Å². The van der Waals surface area contributed by atoms with Gasteiger partial charge in [0, 0.05) is 12.1 Å². The molecule has 0 radical (unpaired) electrons. The molecule has 1 unspecified atom stereocenters. The minimum atomic E-state index is 0.123. The lowest BCUT2D eigenvalue weighted by atomic mass is 10.0. The molecular formula is C10H12Cl2N2O. The fourth-order valence-electron chi connectivity index (χ4n) is 1.48. The molecule has 1 aromatic heterocycles. The summed E-state index contributed by atoms with van der Waals surface area (Å²) >= 11 is 11.5. The van der Waals surface area contributed by atoms with E-state index in [-0.39, 0.29) is 6.10 Å². The molecule has 15 heavy (non-hydrogen) atoms. The molecule has 0 amide bonds. The van der Waals surface area contributed by atoms with Crippen molar-refractivity contribution in [1.29, 1.82) is 0 Å². The van der Waals surface area contributed by atoms with Gasteiger partial charge in [0.15, 0.2) is 0 Å². The van der Waals surface area contributed by atoms with Crippen LogP contribution in [0.2, 0.25) is 10.2 Å². The van der Waals surface area contributed by atoms with E-state index in [2.05, 4.69) is 10.3 Å². The van der Waals surface area contributed by atoms with Gasteiger partial charge < -0.3 is 10.1 Å². The number of halogens is 2. The lowest BCUT2D eigenvalue weighted by Crippen LogP contribution is -2.51. The Hall–Kier alpha value is -0.510. The molecule has 3 nitrogen and oxygen atoms in total. The lowest BCUT2D eigenvalue weighted by molar-refractivity contribution is 0.133. The molecular weight excluding hydrogens is 235 g/mol. The average molecular weight is 247 g/mol. The maximum Gasteiger partial charge on any atom is 0.147 e. The highest BCUT2D eigenvalue weighted by atomic mass is 35.5. The summed E-state index contributed by atoms with van der Waals surface area (Å²) < 4.78 is 5.69. The average Bonchev–Trinajstić information content (AvgIpc) is 2.08. The molecule has 0 bridgehead atoms. The van der Waals surface area contributed by atoms with Gasteiger partial charge in [-0.25, -0.2) is 4.98 Å². The quantitative estimate of drug-likeness (QED) is 0.833. The van der Waals surface area contributed by atoms with Crippen molar-refractivity contribution in [3.05, 3.63) is 22.4 Å². The summed E-state index contributed by atoms with van der Waals surface area (Å²) in [5.41, 5.74) is 0. The molecule has 82 valence electrons. The summed E-state index contributed by atoms with van der Waals surface area (Å²) in [6, 6.07) is 2.12. The molecule has 2 atom stereocenters. The second-order valence-electron chi connectivity index (χ2n) is 3.62. The minimum Gasteiger partial charge on any atom is -0.487 e. The minimum absolute atomic E-state index is 0.123. The first-order valence-electron chi connectivity index (χ1n) is 4.88. The monoisotopic (exact) mass is 246 g/mol. The maximum absolute atomic E-state index is 5.83. The van der Waals surface area contributed by atoms with E-state index in [1.807, 2.05) is 6.92 Å². The van der Waals surface area contributed by atoms with E-state index in [1.165, 1.54) is 0 Å². The van der Waals surface area contributed by atoms with Gasteiger partial charge in [-0.3, -0.25) is 0 Å². The number of aromatic nitrogens is 1. The fraction of sp³-hybridized carbons (Fsp3) is 0.500. The Morgan fingerprint density at radius 2 is 2.33 bits per heavy atom. The molecule has 1 fully saturated rings. The van der Waals surface area contributed by atoms with Crippen LogP contribution in [0.25, 0.3) is 0 Å². The summed E-state index contributed by atoms with van der Waals surface area (Å²) in [7, 11) is 0. The number of hydrogen-bond donors (Lipinski definition) is 1. The van der Waals surface area contributed by atoms with Gasteiger partial charge in [-0.05, 0) is 19.9 Å². The largest absolute Gasteiger partial charge is 0.487 e. The Kier molecular flexibility index (Phi) is 3.34. The second kappa shape index (κ2) is 4.56. The number of pyridine rings is 1. The van der Waals surface area contributed by atoms with Gasteiger partial charge in [-0.15, -0.1) is 0 Å². The molecule has 0 aromatic carbocycles. The third-order valence-electron chi connectivity index (χ3n) is 2.52. The first-order valence-corrected chi connectivity index (χ1v) is 5.63. The van der Waals surface area contributed by atoms with E-state index in [0.717, 1.165) is 13.0 Å². The van der Waals surface area contributed by atoms with Crippen LogP contribution in [-0.2, 0) is 0 Å².